The number of ether oxygens (including phenoxy) is 1. The number of carbonyl (C=O) groups is 2. The van der Waals surface area contributed by atoms with Gasteiger partial charge < -0.3 is 20.5 Å². The van der Waals surface area contributed by atoms with E-state index in [4.69, 9.17) is 15.6 Å². The summed E-state index contributed by atoms with van der Waals surface area (Å²) in [5, 5.41) is 8.73. The molecule has 0 aromatic rings. The third-order valence-corrected chi connectivity index (χ3v) is 2.45. The van der Waals surface area contributed by atoms with Crippen LogP contribution in [0.1, 0.15) is 19.8 Å². The van der Waals surface area contributed by atoms with Crippen LogP contribution in [0, 0.1) is 0 Å². The van der Waals surface area contributed by atoms with Gasteiger partial charge >= 0.3 is 5.97 Å². The molecule has 0 saturated carbocycles. The fourth-order valence-corrected chi connectivity index (χ4v) is 1.75. The van der Waals surface area contributed by atoms with Gasteiger partial charge in [-0.3, -0.25) is 9.59 Å². The molecule has 0 aliphatic carbocycles. The average Bonchev–Trinajstić information content (AvgIpc) is 2.16. The normalized spacial score (nSPS) is 22.9. The van der Waals surface area contributed by atoms with E-state index in [-0.39, 0.29) is 37.4 Å². The summed E-state index contributed by atoms with van der Waals surface area (Å²) < 4.78 is 5.18. The minimum atomic E-state index is -0.922. The maximum atomic E-state index is 11.8. The van der Waals surface area contributed by atoms with Crippen LogP contribution in [0.25, 0.3) is 0 Å². The third-order valence-electron chi connectivity index (χ3n) is 2.45. The molecule has 3 N–H and O–H groups in total. The number of carboxylic acid groups (broad SMARTS) is 1. The van der Waals surface area contributed by atoms with E-state index in [0.717, 1.165) is 0 Å². The molecule has 0 aromatic heterocycles. The summed E-state index contributed by atoms with van der Waals surface area (Å²) in [5.41, 5.74) is 5.55. The number of nitrogens with two attached hydrogens (primary N) is 1. The molecule has 1 aliphatic heterocycles. The Bertz CT molecular complexity index is 268. The summed E-state index contributed by atoms with van der Waals surface area (Å²) in [6.45, 7) is 2.95. The molecule has 1 rings (SSSR count). The Morgan fingerprint density at radius 2 is 2.31 bits per heavy atom. The van der Waals surface area contributed by atoms with Crippen molar-refractivity contribution in [2.75, 3.05) is 19.8 Å². The van der Waals surface area contributed by atoms with E-state index < -0.39 is 5.97 Å². The quantitative estimate of drug-likeness (QED) is 0.674. The van der Waals surface area contributed by atoms with Crippen LogP contribution in [0.2, 0.25) is 0 Å². The van der Waals surface area contributed by atoms with Gasteiger partial charge in [-0.2, -0.15) is 0 Å². The van der Waals surface area contributed by atoms with Gasteiger partial charge in [0.25, 0.3) is 0 Å². The molecule has 1 aliphatic rings. The van der Waals surface area contributed by atoms with Crippen molar-refractivity contribution < 1.29 is 19.4 Å². The lowest BCUT2D eigenvalue weighted by atomic mass is 10.1. The number of carboxylic acids is 1. The third kappa shape index (κ3) is 3.79. The molecule has 1 amide bonds. The Morgan fingerprint density at radius 1 is 1.62 bits per heavy atom. The molecule has 6 nitrogen and oxygen atoms in total. The van der Waals surface area contributed by atoms with Crippen molar-refractivity contribution in [2.24, 2.45) is 5.73 Å². The van der Waals surface area contributed by atoms with Crippen LogP contribution >= 0.6 is 0 Å². The van der Waals surface area contributed by atoms with Crippen LogP contribution in [0.5, 0.6) is 0 Å². The smallest absolute Gasteiger partial charge is 0.305 e. The highest BCUT2D eigenvalue weighted by Gasteiger charge is 2.29. The van der Waals surface area contributed by atoms with Gasteiger partial charge in [-0.25, -0.2) is 0 Å². The lowest BCUT2D eigenvalue weighted by Crippen LogP contribution is -2.50. The molecule has 0 aromatic carbocycles. The van der Waals surface area contributed by atoms with Gasteiger partial charge in [0.05, 0.1) is 25.7 Å². The molecule has 2 unspecified atom stereocenters. The molecular weight excluding hydrogens is 212 g/mol. The monoisotopic (exact) mass is 230 g/mol. The lowest BCUT2D eigenvalue weighted by Gasteiger charge is -2.35. The van der Waals surface area contributed by atoms with Gasteiger partial charge in [-0.15, -0.1) is 0 Å². The predicted octanol–water partition coefficient (Wildman–Crippen LogP) is -0.574. The first-order valence-electron chi connectivity index (χ1n) is 5.35. The molecule has 1 fully saturated rings. The van der Waals surface area contributed by atoms with Crippen molar-refractivity contribution in [3.05, 3.63) is 0 Å². The molecular formula is C10H18N2O4. The number of hydrogen-bond donors (Lipinski definition) is 2. The van der Waals surface area contributed by atoms with Crippen molar-refractivity contribution in [3.8, 4) is 0 Å². The highest BCUT2D eigenvalue weighted by atomic mass is 16.5. The van der Waals surface area contributed by atoms with Crippen molar-refractivity contribution in [1.29, 1.82) is 0 Å². The summed E-state index contributed by atoms with van der Waals surface area (Å²) >= 11 is 0. The van der Waals surface area contributed by atoms with Crippen molar-refractivity contribution in [1.82, 2.24) is 4.90 Å². The maximum absolute atomic E-state index is 11.8. The van der Waals surface area contributed by atoms with Crippen LogP contribution in [0.15, 0.2) is 0 Å². The number of morpholine rings is 1. The largest absolute Gasteiger partial charge is 0.481 e. The molecule has 1 saturated heterocycles. The molecule has 0 radical (unpaired) electrons. The number of aliphatic carboxylic acids is 1. The number of carbonyl (C=O) groups excluding carboxylic acids is 1. The summed E-state index contributed by atoms with van der Waals surface area (Å²) in [6, 6.07) is -0.571. The van der Waals surface area contributed by atoms with Crippen LogP contribution in [-0.4, -0.2) is 53.7 Å². The van der Waals surface area contributed by atoms with Gasteiger partial charge in [-0.1, -0.05) is 0 Å². The van der Waals surface area contributed by atoms with E-state index in [1.807, 2.05) is 0 Å². The lowest BCUT2D eigenvalue weighted by molar-refractivity contribution is -0.146. The summed E-state index contributed by atoms with van der Waals surface area (Å²) in [6.07, 6.45) is 0.167. The first-order valence-corrected chi connectivity index (χ1v) is 5.35. The molecule has 6 heteroatoms. The summed E-state index contributed by atoms with van der Waals surface area (Å²) in [4.78, 5) is 24.0. The molecule has 0 bridgehead atoms. The topological polar surface area (TPSA) is 92.9 Å². The van der Waals surface area contributed by atoms with E-state index >= 15 is 0 Å². The Labute approximate surface area is 94.3 Å². The number of hydrogen-bond acceptors (Lipinski definition) is 4. The van der Waals surface area contributed by atoms with E-state index in [1.165, 1.54) is 0 Å². The zero-order valence-corrected chi connectivity index (χ0v) is 9.39. The summed E-state index contributed by atoms with van der Waals surface area (Å²) in [5.74, 6) is -1.02. The Morgan fingerprint density at radius 3 is 2.88 bits per heavy atom. The second kappa shape index (κ2) is 5.81. The fraction of sp³-hybridized carbons (Fsp3) is 0.800. The summed E-state index contributed by atoms with van der Waals surface area (Å²) in [7, 11) is 0. The molecule has 16 heavy (non-hydrogen) atoms. The van der Waals surface area contributed by atoms with Gasteiger partial charge in [0.15, 0.2) is 0 Å². The van der Waals surface area contributed by atoms with Gasteiger partial charge in [0.1, 0.15) is 0 Å². The highest BCUT2D eigenvalue weighted by Crippen LogP contribution is 2.12. The standard InChI is InChI=1S/C10H18N2O4/c1-7(11)4-9(13)12-2-3-16-6-8(12)5-10(14)15/h7-8H,2-6,11H2,1H3,(H,14,15). The average molecular weight is 230 g/mol. The Hall–Kier alpha value is -1.14. The minimum absolute atomic E-state index is 0.0787. The van der Waals surface area contributed by atoms with Crippen molar-refractivity contribution in [3.63, 3.8) is 0 Å². The minimum Gasteiger partial charge on any atom is -0.481 e. The first kappa shape index (κ1) is 12.9. The molecule has 2 atom stereocenters. The second-order valence-electron chi connectivity index (χ2n) is 4.10. The van der Waals surface area contributed by atoms with E-state index in [2.05, 4.69) is 0 Å². The molecule has 92 valence electrons. The zero-order valence-electron chi connectivity index (χ0n) is 9.39. The van der Waals surface area contributed by atoms with E-state index in [1.54, 1.807) is 11.8 Å². The van der Waals surface area contributed by atoms with Gasteiger partial charge in [0.2, 0.25) is 5.91 Å². The number of nitrogens with zero attached hydrogens (tertiary/aromatic N) is 1. The van der Waals surface area contributed by atoms with Gasteiger partial charge in [0, 0.05) is 19.0 Å². The number of amides is 1. The number of rotatable bonds is 4. The predicted molar refractivity (Wildman–Crippen MR) is 56.8 cm³/mol. The molecule has 1 heterocycles. The van der Waals surface area contributed by atoms with E-state index in [0.29, 0.717) is 13.2 Å². The highest BCUT2D eigenvalue weighted by molar-refractivity contribution is 5.78. The zero-order chi connectivity index (χ0) is 12.1. The van der Waals surface area contributed by atoms with Crippen molar-refractivity contribution in [2.45, 2.75) is 31.8 Å². The Balaban J connectivity index is 2.58. The first-order chi connectivity index (χ1) is 7.50. The van der Waals surface area contributed by atoms with Crippen LogP contribution in [-0.2, 0) is 14.3 Å². The van der Waals surface area contributed by atoms with Crippen LogP contribution < -0.4 is 5.73 Å². The second-order valence-corrected chi connectivity index (χ2v) is 4.10. The van der Waals surface area contributed by atoms with Gasteiger partial charge in [-0.05, 0) is 6.92 Å². The van der Waals surface area contributed by atoms with Crippen molar-refractivity contribution >= 4 is 11.9 Å². The molecule has 0 spiro atoms. The SMILES string of the molecule is CC(N)CC(=O)N1CCOCC1CC(=O)O. The fourth-order valence-electron chi connectivity index (χ4n) is 1.75. The van der Waals surface area contributed by atoms with E-state index in [9.17, 15) is 9.59 Å². The Kier molecular flexibility index (Phi) is 4.70. The van der Waals surface area contributed by atoms with Crippen LogP contribution in [0.4, 0.5) is 0 Å². The maximum Gasteiger partial charge on any atom is 0.305 e. The van der Waals surface area contributed by atoms with Crippen LogP contribution in [0.3, 0.4) is 0 Å².